The average molecular weight is 452 g/mol. The average Bonchev–Trinajstić information content (AvgIpc) is 2.85. The summed E-state index contributed by atoms with van der Waals surface area (Å²) in [6.07, 6.45) is 5.39. The number of aldehydes is 1. The van der Waals surface area contributed by atoms with Crippen LogP contribution in [0.3, 0.4) is 0 Å². The third-order valence-corrected chi connectivity index (χ3v) is 5.52. The highest BCUT2D eigenvalue weighted by Gasteiger charge is 2.32. The topological polar surface area (TPSA) is 106 Å². The quantitative estimate of drug-likeness (QED) is 0.136. The molecular formula is C26H37N5O2. The van der Waals surface area contributed by atoms with Gasteiger partial charge in [0.1, 0.15) is 11.8 Å². The minimum atomic E-state index is -0.922. The number of rotatable bonds is 13. The molecule has 0 aromatic heterocycles. The van der Waals surface area contributed by atoms with E-state index >= 15 is 0 Å². The lowest BCUT2D eigenvalue weighted by atomic mass is 9.86. The number of benzene rings is 2. The molecule has 0 heterocycles. The third-order valence-electron chi connectivity index (χ3n) is 5.52. The van der Waals surface area contributed by atoms with Gasteiger partial charge in [0.05, 0.1) is 0 Å². The van der Waals surface area contributed by atoms with Crippen LogP contribution < -0.4 is 21.3 Å². The SMILES string of the molecule is CCCCNC(=O)NCc1ccc(CNC(=N)NC(C=O)(CCCC)c2ccccc2)cc1. The molecule has 0 aliphatic carbocycles. The molecule has 0 fully saturated rings. The van der Waals surface area contributed by atoms with E-state index in [1.807, 2.05) is 54.6 Å². The fourth-order valence-corrected chi connectivity index (χ4v) is 3.48. The molecule has 0 aliphatic rings. The monoisotopic (exact) mass is 451 g/mol. The summed E-state index contributed by atoms with van der Waals surface area (Å²) in [7, 11) is 0. The van der Waals surface area contributed by atoms with Crippen LogP contribution in [0.2, 0.25) is 0 Å². The molecule has 5 N–H and O–H groups in total. The lowest BCUT2D eigenvalue weighted by molar-refractivity contribution is -0.113. The van der Waals surface area contributed by atoms with E-state index in [2.05, 4.69) is 35.1 Å². The minimum Gasteiger partial charge on any atom is -0.352 e. The Bertz CT molecular complexity index is 870. The summed E-state index contributed by atoms with van der Waals surface area (Å²) in [6, 6.07) is 17.3. The van der Waals surface area contributed by atoms with Crippen molar-refractivity contribution in [1.82, 2.24) is 21.3 Å². The first-order valence-corrected chi connectivity index (χ1v) is 11.7. The van der Waals surface area contributed by atoms with Crippen molar-refractivity contribution >= 4 is 18.3 Å². The number of nitrogens with one attached hydrogen (secondary N) is 5. The van der Waals surface area contributed by atoms with Crippen LogP contribution in [0.5, 0.6) is 0 Å². The molecule has 33 heavy (non-hydrogen) atoms. The van der Waals surface area contributed by atoms with Gasteiger partial charge in [-0.05, 0) is 29.5 Å². The largest absolute Gasteiger partial charge is 0.352 e. The second-order valence-corrected chi connectivity index (χ2v) is 8.19. The van der Waals surface area contributed by atoms with Crippen LogP contribution in [0.4, 0.5) is 4.79 Å². The summed E-state index contributed by atoms with van der Waals surface area (Å²) in [5.74, 6) is 0.108. The standard InChI is InChI=1S/C26H37N5O2/c1-3-5-16-26(20-32,23-10-8-7-9-11-23)31-24(27)29-18-21-12-14-22(15-13-21)19-30-25(33)28-17-6-4-2/h7-15,20H,3-6,16-19H2,1-2H3,(H3,27,29,31)(H2,28,30,33). The predicted molar refractivity (Wildman–Crippen MR) is 133 cm³/mol. The van der Waals surface area contributed by atoms with Crippen molar-refractivity contribution in [2.24, 2.45) is 0 Å². The number of carbonyl (C=O) groups excluding carboxylic acids is 2. The summed E-state index contributed by atoms with van der Waals surface area (Å²) in [6.45, 7) is 5.76. The molecule has 0 saturated carbocycles. The maximum atomic E-state index is 12.1. The Balaban J connectivity index is 1.88. The highest BCUT2D eigenvalue weighted by molar-refractivity contribution is 5.83. The first kappa shape index (κ1) is 25.9. The molecule has 1 atom stereocenters. The van der Waals surface area contributed by atoms with Gasteiger partial charge in [0.15, 0.2) is 5.96 Å². The first-order chi connectivity index (χ1) is 16.0. The van der Waals surface area contributed by atoms with Crippen molar-refractivity contribution in [3.8, 4) is 0 Å². The van der Waals surface area contributed by atoms with Gasteiger partial charge in [0.25, 0.3) is 0 Å². The highest BCUT2D eigenvalue weighted by atomic mass is 16.2. The van der Waals surface area contributed by atoms with E-state index < -0.39 is 5.54 Å². The number of unbranched alkanes of at least 4 members (excludes halogenated alkanes) is 2. The smallest absolute Gasteiger partial charge is 0.315 e. The van der Waals surface area contributed by atoms with Crippen LogP contribution in [0.15, 0.2) is 54.6 Å². The van der Waals surface area contributed by atoms with Gasteiger partial charge < -0.3 is 26.1 Å². The van der Waals surface area contributed by atoms with Crippen LogP contribution in [0, 0.1) is 5.41 Å². The number of hydrogen-bond acceptors (Lipinski definition) is 3. The van der Waals surface area contributed by atoms with E-state index in [1.54, 1.807) is 0 Å². The van der Waals surface area contributed by atoms with Gasteiger partial charge >= 0.3 is 6.03 Å². The lowest BCUT2D eigenvalue weighted by Crippen LogP contribution is -2.51. The molecule has 0 spiro atoms. The Labute approximate surface area is 197 Å². The van der Waals surface area contributed by atoms with Gasteiger partial charge in [-0.2, -0.15) is 0 Å². The molecule has 7 heteroatoms. The molecule has 178 valence electrons. The zero-order valence-electron chi connectivity index (χ0n) is 19.7. The zero-order valence-corrected chi connectivity index (χ0v) is 19.7. The van der Waals surface area contributed by atoms with E-state index in [0.717, 1.165) is 48.7 Å². The van der Waals surface area contributed by atoms with Crippen LogP contribution in [-0.4, -0.2) is 24.8 Å². The number of urea groups is 1. The molecule has 7 nitrogen and oxygen atoms in total. The second-order valence-electron chi connectivity index (χ2n) is 8.19. The first-order valence-electron chi connectivity index (χ1n) is 11.7. The van der Waals surface area contributed by atoms with Gasteiger partial charge in [-0.3, -0.25) is 5.41 Å². The van der Waals surface area contributed by atoms with Crippen LogP contribution in [0.1, 0.15) is 62.6 Å². The lowest BCUT2D eigenvalue weighted by Gasteiger charge is -2.31. The van der Waals surface area contributed by atoms with Gasteiger partial charge in [0, 0.05) is 19.6 Å². The molecule has 2 amide bonds. The number of hydrogen-bond donors (Lipinski definition) is 5. The Hall–Kier alpha value is -3.35. The van der Waals surface area contributed by atoms with Gasteiger partial charge in [-0.15, -0.1) is 0 Å². The fraction of sp³-hybridized carbons (Fsp3) is 0.423. The van der Waals surface area contributed by atoms with Gasteiger partial charge in [-0.1, -0.05) is 87.7 Å². The van der Waals surface area contributed by atoms with Crippen LogP contribution in [0.25, 0.3) is 0 Å². The normalized spacial score (nSPS) is 12.3. The molecule has 0 radical (unpaired) electrons. The van der Waals surface area contributed by atoms with Crippen molar-refractivity contribution in [2.75, 3.05) is 6.54 Å². The maximum Gasteiger partial charge on any atom is 0.315 e. The van der Waals surface area contributed by atoms with E-state index in [4.69, 9.17) is 5.41 Å². The summed E-state index contributed by atoms with van der Waals surface area (Å²) >= 11 is 0. The molecule has 1 unspecified atom stereocenters. The summed E-state index contributed by atoms with van der Waals surface area (Å²) in [5.41, 5.74) is 1.94. The minimum absolute atomic E-state index is 0.108. The molecule has 2 rings (SSSR count). The summed E-state index contributed by atoms with van der Waals surface area (Å²) in [4.78, 5) is 23.9. The van der Waals surface area contributed by atoms with Gasteiger partial charge in [-0.25, -0.2) is 4.79 Å². The molecule has 0 saturated heterocycles. The van der Waals surface area contributed by atoms with Crippen LogP contribution in [-0.2, 0) is 23.4 Å². The fourth-order valence-electron chi connectivity index (χ4n) is 3.48. The molecule has 0 aliphatic heterocycles. The number of carbonyl (C=O) groups is 2. The summed E-state index contributed by atoms with van der Waals surface area (Å²) in [5, 5.41) is 20.2. The summed E-state index contributed by atoms with van der Waals surface area (Å²) < 4.78 is 0. The third kappa shape index (κ3) is 8.60. The highest BCUT2D eigenvalue weighted by Crippen LogP contribution is 2.25. The molecule has 2 aromatic carbocycles. The van der Waals surface area contributed by atoms with Crippen molar-refractivity contribution in [2.45, 2.75) is 64.6 Å². The van der Waals surface area contributed by atoms with E-state index in [-0.39, 0.29) is 12.0 Å². The Morgan fingerprint density at radius 2 is 1.48 bits per heavy atom. The van der Waals surface area contributed by atoms with Crippen molar-refractivity contribution in [3.63, 3.8) is 0 Å². The van der Waals surface area contributed by atoms with E-state index in [0.29, 0.717) is 26.1 Å². The predicted octanol–water partition coefficient (Wildman–Crippen LogP) is 4.18. The van der Waals surface area contributed by atoms with Crippen molar-refractivity contribution in [1.29, 1.82) is 5.41 Å². The maximum absolute atomic E-state index is 12.1. The van der Waals surface area contributed by atoms with Gasteiger partial charge in [0.2, 0.25) is 0 Å². The Morgan fingerprint density at radius 3 is 2.06 bits per heavy atom. The van der Waals surface area contributed by atoms with E-state index in [9.17, 15) is 9.59 Å². The molecule has 2 aromatic rings. The number of guanidine groups is 1. The Kier molecular flexibility index (Phi) is 10.9. The van der Waals surface area contributed by atoms with Crippen molar-refractivity contribution in [3.05, 3.63) is 71.3 Å². The van der Waals surface area contributed by atoms with Crippen LogP contribution >= 0.6 is 0 Å². The number of amides is 2. The zero-order chi connectivity index (χ0) is 23.9. The van der Waals surface area contributed by atoms with Crippen molar-refractivity contribution < 1.29 is 9.59 Å². The van der Waals surface area contributed by atoms with E-state index in [1.165, 1.54) is 0 Å². The second kappa shape index (κ2) is 13.9. The molecular weight excluding hydrogens is 414 g/mol. The Morgan fingerprint density at radius 1 is 0.879 bits per heavy atom. The molecule has 0 bridgehead atoms.